The quantitative estimate of drug-likeness (QED) is 0.815. The number of aryl methyl sites for hydroxylation is 1. The van der Waals surface area contributed by atoms with E-state index in [0.717, 1.165) is 15.6 Å². The molecule has 0 bridgehead atoms. The second kappa shape index (κ2) is 6.54. The van der Waals surface area contributed by atoms with Gasteiger partial charge in [0, 0.05) is 10.2 Å². The second-order valence-electron chi connectivity index (χ2n) is 4.64. The molecule has 0 aliphatic carbocycles. The Hall–Kier alpha value is -2.14. The van der Waals surface area contributed by atoms with Crippen LogP contribution in [0.5, 0.6) is 0 Å². The molecule has 0 atom stereocenters. The molecule has 0 aliphatic rings. The summed E-state index contributed by atoms with van der Waals surface area (Å²) in [6.07, 6.45) is 0. The average molecular weight is 347 g/mol. The maximum absolute atomic E-state index is 12.0. The first-order valence-corrected chi connectivity index (χ1v) is 7.21. The number of benzene rings is 2. The topological polar surface area (TPSA) is 58.2 Å². The van der Waals surface area contributed by atoms with E-state index in [9.17, 15) is 9.59 Å². The number of amides is 2. The van der Waals surface area contributed by atoms with Crippen molar-refractivity contribution in [2.45, 2.75) is 13.8 Å². The fourth-order valence-electron chi connectivity index (χ4n) is 1.81. The molecule has 2 aromatic rings. The van der Waals surface area contributed by atoms with Crippen molar-refractivity contribution in [2.24, 2.45) is 0 Å². The van der Waals surface area contributed by atoms with Crippen LogP contribution in [0.2, 0.25) is 0 Å². The summed E-state index contributed by atoms with van der Waals surface area (Å²) in [5.41, 5.74) is 3.19. The number of rotatable bonds is 2. The fraction of sp³-hybridized carbons (Fsp3) is 0.125. The molecule has 4 nitrogen and oxygen atoms in total. The third-order valence-corrected chi connectivity index (χ3v) is 3.87. The van der Waals surface area contributed by atoms with Gasteiger partial charge in [0.25, 0.3) is 0 Å². The van der Waals surface area contributed by atoms with Crippen molar-refractivity contribution in [1.82, 2.24) is 0 Å². The minimum absolute atomic E-state index is 0.554. The molecule has 2 rings (SSSR count). The number of anilines is 2. The molecule has 0 unspecified atom stereocenters. The van der Waals surface area contributed by atoms with E-state index >= 15 is 0 Å². The Morgan fingerprint density at radius 2 is 1.43 bits per heavy atom. The minimum Gasteiger partial charge on any atom is -0.318 e. The van der Waals surface area contributed by atoms with Gasteiger partial charge in [-0.15, -0.1) is 0 Å². The summed E-state index contributed by atoms with van der Waals surface area (Å²) in [5.74, 6) is -1.40. The fourth-order valence-corrected chi connectivity index (χ4v) is 2.19. The Bertz CT molecular complexity index is 698. The van der Waals surface area contributed by atoms with Crippen molar-refractivity contribution >= 4 is 39.1 Å². The highest BCUT2D eigenvalue weighted by molar-refractivity contribution is 9.10. The summed E-state index contributed by atoms with van der Waals surface area (Å²) in [6.45, 7) is 3.85. The van der Waals surface area contributed by atoms with Crippen LogP contribution in [0.15, 0.2) is 46.9 Å². The van der Waals surface area contributed by atoms with E-state index in [1.54, 1.807) is 24.3 Å². The van der Waals surface area contributed by atoms with Gasteiger partial charge < -0.3 is 10.6 Å². The smallest absolute Gasteiger partial charge is 0.314 e. The lowest BCUT2D eigenvalue weighted by Gasteiger charge is -2.11. The maximum atomic E-state index is 12.0. The highest BCUT2D eigenvalue weighted by atomic mass is 79.9. The van der Waals surface area contributed by atoms with Gasteiger partial charge in [-0.25, -0.2) is 0 Å². The van der Waals surface area contributed by atoms with Gasteiger partial charge in [0.1, 0.15) is 0 Å². The third kappa shape index (κ3) is 3.70. The molecule has 0 heterocycles. The molecule has 0 aliphatic heterocycles. The molecule has 0 radical (unpaired) electrons. The Morgan fingerprint density at radius 1 is 0.857 bits per heavy atom. The van der Waals surface area contributed by atoms with Gasteiger partial charge in [-0.3, -0.25) is 9.59 Å². The Labute approximate surface area is 131 Å². The van der Waals surface area contributed by atoms with E-state index < -0.39 is 11.8 Å². The lowest BCUT2D eigenvalue weighted by atomic mass is 10.1. The number of halogens is 1. The van der Waals surface area contributed by atoms with E-state index in [1.165, 1.54) is 0 Å². The lowest BCUT2D eigenvalue weighted by molar-refractivity contribution is -0.133. The summed E-state index contributed by atoms with van der Waals surface area (Å²) in [6, 6.07) is 12.7. The molecule has 0 spiro atoms. The van der Waals surface area contributed by atoms with Crippen LogP contribution in [0, 0.1) is 13.8 Å². The summed E-state index contributed by atoms with van der Waals surface area (Å²) >= 11 is 3.32. The molecule has 0 saturated carbocycles. The molecule has 21 heavy (non-hydrogen) atoms. The number of carbonyl (C=O) groups is 2. The number of para-hydroxylation sites is 1. The highest BCUT2D eigenvalue weighted by Gasteiger charge is 2.16. The van der Waals surface area contributed by atoms with Crippen LogP contribution >= 0.6 is 15.9 Å². The van der Waals surface area contributed by atoms with Crippen LogP contribution in [0.1, 0.15) is 11.1 Å². The monoisotopic (exact) mass is 346 g/mol. The molecule has 5 heteroatoms. The number of hydrogen-bond acceptors (Lipinski definition) is 2. The molecule has 108 valence electrons. The molecule has 0 fully saturated rings. The van der Waals surface area contributed by atoms with Crippen molar-refractivity contribution in [1.29, 1.82) is 0 Å². The largest absolute Gasteiger partial charge is 0.318 e. The standard InChI is InChI=1S/C16H15BrN2O2/c1-10-6-5-9-13(11(10)2)18-15(20)16(21)19-14-8-4-3-7-12(14)17/h3-9H,1-2H3,(H,18,20)(H,19,21). The Kier molecular flexibility index (Phi) is 4.75. The molecule has 2 aromatic carbocycles. The molecule has 0 aromatic heterocycles. The summed E-state index contributed by atoms with van der Waals surface area (Å²) in [5, 5.41) is 5.19. The third-order valence-electron chi connectivity index (χ3n) is 3.18. The van der Waals surface area contributed by atoms with Crippen LogP contribution in [-0.4, -0.2) is 11.8 Å². The van der Waals surface area contributed by atoms with E-state index in [1.807, 2.05) is 32.0 Å². The first-order chi connectivity index (χ1) is 9.99. The van der Waals surface area contributed by atoms with Crippen LogP contribution < -0.4 is 10.6 Å². The second-order valence-corrected chi connectivity index (χ2v) is 5.49. The van der Waals surface area contributed by atoms with Crippen LogP contribution in [0.3, 0.4) is 0 Å². The number of nitrogens with one attached hydrogen (secondary N) is 2. The maximum Gasteiger partial charge on any atom is 0.314 e. The first kappa shape index (κ1) is 15.3. The van der Waals surface area contributed by atoms with Crippen molar-refractivity contribution < 1.29 is 9.59 Å². The van der Waals surface area contributed by atoms with Crippen LogP contribution in [0.25, 0.3) is 0 Å². The van der Waals surface area contributed by atoms with Crippen molar-refractivity contribution in [3.63, 3.8) is 0 Å². The minimum atomic E-state index is -0.706. The first-order valence-electron chi connectivity index (χ1n) is 6.42. The van der Waals surface area contributed by atoms with Gasteiger partial charge in [-0.1, -0.05) is 24.3 Å². The summed E-state index contributed by atoms with van der Waals surface area (Å²) in [7, 11) is 0. The Balaban J connectivity index is 2.08. The van der Waals surface area contributed by atoms with Gasteiger partial charge in [-0.05, 0) is 59.1 Å². The van der Waals surface area contributed by atoms with E-state index in [4.69, 9.17) is 0 Å². The zero-order chi connectivity index (χ0) is 15.4. The number of carbonyl (C=O) groups excluding carboxylic acids is 2. The lowest BCUT2D eigenvalue weighted by Crippen LogP contribution is -2.29. The predicted molar refractivity (Wildman–Crippen MR) is 87.3 cm³/mol. The zero-order valence-electron chi connectivity index (χ0n) is 11.7. The molecular formula is C16H15BrN2O2. The van der Waals surface area contributed by atoms with Gasteiger partial charge in [0.05, 0.1) is 5.69 Å². The zero-order valence-corrected chi connectivity index (χ0v) is 13.3. The van der Waals surface area contributed by atoms with Gasteiger partial charge in [0.15, 0.2) is 0 Å². The Morgan fingerprint density at radius 3 is 2.10 bits per heavy atom. The van der Waals surface area contributed by atoms with Crippen molar-refractivity contribution in [3.05, 3.63) is 58.1 Å². The van der Waals surface area contributed by atoms with Crippen molar-refractivity contribution in [2.75, 3.05) is 10.6 Å². The normalized spacial score (nSPS) is 10.0. The van der Waals surface area contributed by atoms with Gasteiger partial charge in [0.2, 0.25) is 0 Å². The molecule has 2 amide bonds. The average Bonchev–Trinajstić information content (AvgIpc) is 2.46. The van der Waals surface area contributed by atoms with E-state index in [0.29, 0.717) is 11.4 Å². The van der Waals surface area contributed by atoms with Crippen LogP contribution in [-0.2, 0) is 9.59 Å². The van der Waals surface area contributed by atoms with E-state index in [2.05, 4.69) is 26.6 Å². The summed E-state index contributed by atoms with van der Waals surface area (Å²) < 4.78 is 0.720. The SMILES string of the molecule is Cc1cccc(NC(=O)C(=O)Nc2ccccc2Br)c1C. The van der Waals surface area contributed by atoms with E-state index in [-0.39, 0.29) is 0 Å². The van der Waals surface area contributed by atoms with Crippen LogP contribution in [0.4, 0.5) is 11.4 Å². The predicted octanol–water partition coefficient (Wildman–Crippen LogP) is 3.64. The molecule has 0 saturated heterocycles. The van der Waals surface area contributed by atoms with Gasteiger partial charge in [-0.2, -0.15) is 0 Å². The van der Waals surface area contributed by atoms with Crippen molar-refractivity contribution in [3.8, 4) is 0 Å². The summed E-state index contributed by atoms with van der Waals surface area (Å²) in [4.78, 5) is 23.9. The molecule has 2 N–H and O–H groups in total. The number of hydrogen-bond donors (Lipinski definition) is 2. The highest BCUT2D eigenvalue weighted by Crippen LogP contribution is 2.21. The molecular weight excluding hydrogens is 332 g/mol. The van der Waals surface area contributed by atoms with Gasteiger partial charge >= 0.3 is 11.8 Å².